The van der Waals surface area contributed by atoms with Crippen LogP contribution in [0, 0.1) is 0 Å². The van der Waals surface area contributed by atoms with Crippen molar-refractivity contribution in [3.05, 3.63) is 267 Å². The molecule has 0 unspecified atom stereocenters. The van der Waals surface area contributed by atoms with Crippen molar-refractivity contribution in [3.63, 3.8) is 0 Å². The van der Waals surface area contributed by atoms with Gasteiger partial charge in [0.05, 0.1) is 22.8 Å². The van der Waals surface area contributed by atoms with Crippen molar-refractivity contribution in [1.29, 1.82) is 0 Å². The topological polar surface area (TPSA) is 58.0 Å². The van der Waals surface area contributed by atoms with Crippen LogP contribution in [-0.2, 0) is 0 Å². The van der Waals surface area contributed by atoms with E-state index in [1.807, 2.05) is 0 Å². The van der Waals surface area contributed by atoms with Crippen LogP contribution in [0.5, 0.6) is 0 Å². The number of hydrogen-bond donors (Lipinski definition) is 0. The van der Waals surface area contributed by atoms with Crippen LogP contribution in [0.1, 0.15) is 0 Å². The van der Waals surface area contributed by atoms with Gasteiger partial charge in [0.15, 0.2) is 11.6 Å². The standard InChI is InChI=1S/C72H56N6Si2/c1-79(2)67-37-21-17-33-63(67)77(64-34-18-22-38-68(64)79)53-41-43-55(57(45-53)71-73-59(49-25-9-5-10-26-49)47-60(74-71)50-27-11-6-12-28-50)56-44-42-54(78-65-35-19-23-39-69(65)80(3,4)70-40-24-20-36-66(70)78)46-58(56)72-75-61(51-29-13-7-14-30-51)48-62(76-72)52-31-15-8-16-32-52/h5-48H,1-4H3. The average Bonchev–Trinajstić information content (AvgIpc) is 3.31. The minimum absolute atomic E-state index is 0.611. The molecule has 0 spiro atoms. The Morgan fingerprint density at radius 1 is 0.250 bits per heavy atom. The minimum atomic E-state index is -2.10. The van der Waals surface area contributed by atoms with E-state index in [9.17, 15) is 0 Å². The Morgan fingerprint density at radius 3 is 0.775 bits per heavy atom. The summed E-state index contributed by atoms with van der Waals surface area (Å²) >= 11 is 0. The molecule has 0 atom stereocenters. The molecule has 0 aliphatic carbocycles. The molecule has 0 bridgehead atoms. The van der Waals surface area contributed by atoms with Gasteiger partial charge in [-0.05, 0) is 92.5 Å². The monoisotopic (exact) mass is 1060 g/mol. The Balaban J connectivity index is 1.08. The lowest BCUT2D eigenvalue weighted by Gasteiger charge is -2.41. The summed E-state index contributed by atoms with van der Waals surface area (Å²) in [6.45, 7) is 9.88. The second-order valence-electron chi connectivity index (χ2n) is 21.8. The van der Waals surface area contributed by atoms with E-state index >= 15 is 0 Å². The second kappa shape index (κ2) is 19.7. The zero-order valence-electron chi connectivity index (χ0n) is 45.1. The van der Waals surface area contributed by atoms with Gasteiger partial charge in [-0.25, -0.2) is 19.9 Å². The molecule has 0 amide bonds. The van der Waals surface area contributed by atoms with E-state index in [0.29, 0.717) is 11.6 Å². The highest BCUT2D eigenvalue weighted by Gasteiger charge is 2.40. The predicted molar refractivity (Wildman–Crippen MR) is 339 cm³/mol. The van der Waals surface area contributed by atoms with Crippen molar-refractivity contribution in [2.45, 2.75) is 26.2 Å². The number of fused-ring (bicyclic) bond motifs is 4. The fraction of sp³-hybridized carbons (Fsp3) is 0.0556. The van der Waals surface area contributed by atoms with Crippen LogP contribution in [0.4, 0.5) is 34.1 Å². The molecule has 0 saturated heterocycles. The van der Waals surface area contributed by atoms with Gasteiger partial charge in [-0.15, -0.1) is 0 Å². The summed E-state index contributed by atoms with van der Waals surface area (Å²) in [4.78, 5) is 27.3. The van der Waals surface area contributed by atoms with Crippen molar-refractivity contribution in [1.82, 2.24) is 19.9 Å². The molecule has 2 aliphatic rings. The molecule has 0 fully saturated rings. The van der Waals surface area contributed by atoms with E-state index < -0.39 is 16.1 Å². The van der Waals surface area contributed by atoms with Crippen LogP contribution in [-0.4, -0.2) is 36.1 Å². The molecule has 10 aromatic carbocycles. The number of aromatic nitrogens is 4. The summed E-state index contributed by atoms with van der Waals surface area (Å²) < 4.78 is 0. The van der Waals surface area contributed by atoms with Crippen molar-refractivity contribution in [3.8, 4) is 78.9 Å². The van der Waals surface area contributed by atoms with Crippen molar-refractivity contribution in [2.24, 2.45) is 0 Å². The summed E-state index contributed by atoms with van der Waals surface area (Å²) in [7, 11) is -4.19. The number of nitrogens with zero attached hydrogens (tertiary/aromatic N) is 6. The molecule has 2 aromatic heterocycles. The number of para-hydroxylation sites is 4. The second-order valence-corrected chi connectivity index (χ2v) is 30.5. The molecule has 12 aromatic rings. The van der Waals surface area contributed by atoms with E-state index in [0.717, 1.165) is 78.7 Å². The van der Waals surface area contributed by atoms with Crippen LogP contribution in [0.25, 0.3) is 78.9 Å². The van der Waals surface area contributed by atoms with E-state index in [2.05, 4.69) is 303 Å². The quantitative estimate of drug-likeness (QED) is 0.134. The van der Waals surface area contributed by atoms with Crippen LogP contribution in [0.2, 0.25) is 26.2 Å². The third-order valence-corrected chi connectivity index (χ3v) is 23.4. The molecule has 14 rings (SSSR count). The average molecular weight is 1060 g/mol. The summed E-state index contributed by atoms with van der Waals surface area (Å²) in [5.74, 6) is 1.22. The molecular weight excluding hydrogens is 1010 g/mol. The molecule has 6 nitrogen and oxygen atoms in total. The first kappa shape index (κ1) is 48.7. The van der Waals surface area contributed by atoms with Gasteiger partial charge in [0.2, 0.25) is 0 Å². The van der Waals surface area contributed by atoms with Gasteiger partial charge in [-0.1, -0.05) is 232 Å². The van der Waals surface area contributed by atoms with Gasteiger partial charge in [-0.2, -0.15) is 0 Å². The third kappa shape index (κ3) is 8.39. The molecule has 8 heteroatoms. The van der Waals surface area contributed by atoms with Crippen molar-refractivity contribution >= 4 is 71.0 Å². The first-order valence-electron chi connectivity index (χ1n) is 27.5. The number of rotatable bonds is 9. The Kier molecular flexibility index (Phi) is 12.0. The lowest BCUT2D eigenvalue weighted by atomic mass is 9.92. The maximum atomic E-state index is 5.59. The molecule has 0 saturated carbocycles. The van der Waals surface area contributed by atoms with Crippen LogP contribution in [0.15, 0.2) is 267 Å². The Bertz CT molecular complexity index is 3830. The minimum Gasteiger partial charge on any atom is -0.311 e. The summed E-state index contributed by atoms with van der Waals surface area (Å²) in [5, 5.41) is 5.58. The first-order valence-corrected chi connectivity index (χ1v) is 33.5. The Hall–Kier alpha value is -9.61. The molecule has 382 valence electrons. The predicted octanol–water partition coefficient (Wildman–Crippen LogP) is 16.1. The van der Waals surface area contributed by atoms with E-state index in [-0.39, 0.29) is 0 Å². The lowest BCUT2D eigenvalue weighted by molar-refractivity contribution is 1.17. The van der Waals surface area contributed by atoms with Gasteiger partial charge in [0.25, 0.3) is 0 Å². The van der Waals surface area contributed by atoms with Gasteiger partial charge in [0, 0.05) is 67.5 Å². The summed E-state index contributed by atoms with van der Waals surface area (Å²) in [6.07, 6.45) is 0. The maximum absolute atomic E-state index is 5.59. The highest BCUT2D eigenvalue weighted by Crippen LogP contribution is 2.47. The lowest BCUT2D eigenvalue weighted by Crippen LogP contribution is -2.58. The van der Waals surface area contributed by atoms with E-state index in [4.69, 9.17) is 19.9 Å². The van der Waals surface area contributed by atoms with Gasteiger partial charge in [-0.3, -0.25) is 0 Å². The molecule has 0 radical (unpaired) electrons. The number of anilines is 6. The molecular formula is C72H56N6Si2. The third-order valence-electron chi connectivity index (χ3n) is 16.3. The van der Waals surface area contributed by atoms with E-state index in [1.165, 1.54) is 43.5 Å². The number of hydrogen-bond acceptors (Lipinski definition) is 6. The number of benzene rings is 10. The normalized spacial score (nSPS) is 13.7. The van der Waals surface area contributed by atoms with Gasteiger partial charge < -0.3 is 9.80 Å². The molecule has 0 N–H and O–H groups in total. The van der Waals surface area contributed by atoms with Crippen LogP contribution >= 0.6 is 0 Å². The maximum Gasteiger partial charge on any atom is 0.161 e. The largest absolute Gasteiger partial charge is 0.311 e. The fourth-order valence-electron chi connectivity index (χ4n) is 12.2. The van der Waals surface area contributed by atoms with Crippen molar-refractivity contribution in [2.75, 3.05) is 9.80 Å². The zero-order chi connectivity index (χ0) is 54.0. The van der Waals surface area contributed by atoms with Crippen LogP contribution in [0.3, 0.4) is 0 Å². The molecule has 80 heavy (non-hydrogen) atoms. The first-order chi connectivity index (χ1) is 39.2. The van der Waals surface area contributed by atoms with E-state index in [1.54, 1.807) is 0 Å². The fourth-order valence-corrected chi connectivity index (χ4v) is 18.2. The zero-order valence-corrected chi connectivity index (χ0v) is 47.1. The van der Waals surface area contributed by atoms with Gasteiger partial charge in [0.1, 0.15) is 16.1 Å². The Labute approximate surface area is 470 Å². The summed E-state index contributed by atoms with van der Waals surface area (Å²) in [5.41, 5.74) is 17.9. The van der Waals surface area contributed by atoms with Crippen molar-refractivity contribution < 1.29 is 0 Å². The SMILES string of the molecule is C[Si]1(C)c2ccccc2N(c2ccc(-c3ccc(N4c5ccccc5[Si](C)(C)c5ccccc54)cc3-c3nc(-c4ccccc4)cc(-c4ccccc4)n3)c(-c3nc(-c4ccccc4)cc(-c4ccccc4)n3)c2)c2ccccc21. The van der Waals surface area contributed by atoms with Crippen LogP contribution < -0.4 is 30.5 Å². The highest BCUT2D eigenvalue weighted by molar-refractivity contribution is 7.03. The Morgan fingerprint density at radius 2 is 0.500 bits per heavy atom. The highest BCUT2D eigenvalue weighted by atomic mass is 28.3. The smallest absolute Gasteiger partial charge is 0.161 e. The summed E-state index contributed by atoms with van der Waals surface area (Å²) in [6, 6.07) is 95.8. The molecule has 4 heterocycles. The van der Waals surface area contributed by atoms with Gasteiger partial charge >= 0.3 is 0 Å². The molecule has 2 aliphatic heterocycles.